The molecule has 2 aromatic rings. The molecule has 0 saturated heterocycles. The van der Waals surface area contributed by atoms with Crippen LogP contribution in [0.2, 0.25) is 0 Å². The second-order valence-corrected chi connectivity index (χ2v) is 4.79. The fourth-order valence-corrected chi connectivity index (χ4v) is 2.11. The van der Waals surface area contributed by atoms with Crippen molar-refractivity contribution in [2.45, 2.75) is 25.8 Å². The van der Waals surface area contributed by atoms with E-state index in [1.807, 2.05) is 6.07 Å². The number of rotatable bonds is 5. The molecule has 0 atom stereocenters. The highest BCUT2D eigenvalue weighted by Gasteiger charge is 2.24. The number of nitrogens with zero attached hydrogens (tertiary/aromatic N) is 4. The summed E-state index contributed by atoms with van der Waals surface area (Å²) in [6.45, 7) is 0.704. The average Bonchev–Trinajstić information content (AvgIpc) is 3.15. The van der Waals surface area contributed by atoms with Crippen LogP contribution in [0.15, 0.2) is 24.5 Å². The lowest BCUT2D eigenvalue weighted by Gasteiger charge is -2.06. The van der Waals surface area contributed by atoms with E-state index in [4.69, 9.17) is 0 Å². The van der Waals surface area contributed by atoms with E-state index in [2.05, 4.69) is 15.3 Å². The van der Waals surface area contributed by atoms with Gasteiger partial charge in [-0.1, -0.05) is 18.1 Å². The number of carboxylic acids is 1. The maximum Gasteiger partial charge on any atom is 0.358 e. The van der Waals surface area contributed by atoms with Gasteiger partial charge < -0.3 is 5.11 Å². The third-order valence-electron chi connectivity index (χ3n) is 3.32. The fraction of sp³-hybridized carbons (Fsp3) is 0.385. The van der Waals surface area contributed by atoms with Crippen molar-refractivity contribution in [2.24, 2.45) is 5.92 Å². The smallest absolute Gasteiger partial charge is 0.358 e. The average molecular weight is 258 g/mol. The quantitative estimate of drug-likeness (QED) is 0.885. The third kappa shape index (κ3) is 2.47. The van der Waals surface area contributed by atoms with Gasteiger partial charge in [-0.25, -0.2) is 9.48 Å². The Balaban J connectivity index is 1.97. The number of aromatic carboxylic acids is 1. The number of hydrogen-bond donors (Lipinski definition) is 1. The van der Waals surface area contributed by atoms with Gasteiger partial charge in [0.2, 0.25) is 0 Å². The SMILES string of the molecule is O=C(O)c1nnn(CCC2CC2)c1-c1cccnc1. The van der Waals surface area contributed by atoms with Gasteiger partial charge in [0.05, 0.1) is 0 Å². The summed E-state index contributed by atoms with van der Waals surface area (Å²) >= 11 is 0. The van der Waals surface area contributed by atoms with Crippen molar-refractivity contribution in [3.8, 4) is 11.3 Å². The zero-order chi connectivity index (χ0) is 13.2. The van der Waals surface area contributed by atoms with Crippen LogP contribution in [0.25, 0.3) is 11.3 Å². The summed E-state index contributed by atoms with van der Waals surface area (Å²) in [7, 11) is 0. The van der Waals surface area contributed by atoms with E-state index in [9.17, 15) is 9.90 Å². The van der Waals surface area contributed by atoms with Crippen LogP contribution in [0.3, 0.4) is 0 Å². The molecule has 98 valence electrons. The van der Waals surface area contributed by atoms with Crippen molar-refractivity contribution in [1.82, 2.24) is 20.0 Å². The fourth-order valence-electron chi connectivity index (χ4n) is 2.11. The zero-order valence-corrected chi connectivity index (χ0v) is 10.4. The van der Waals surface area contributed by atoms with Crippen molar-refractivity contribution in [3.63, 3.8) is 0 Å². The summed E-state index contributed by atoms with van der Waals surface area (Å²) in [5, 5.41) is 16.9. The van der Waals surface area contributed by atoms with Crippen molar-refractivity contribution in [1.29, 1.82) is 0 Å². The number of aromatic nitrogens is 4. The van der Waals surface area contributed by atoms with E-state index in [0.717, 1.165) is 17.9 Å². The van der Waals surface area contributed by atoms with E-state index < -0.39 is 5.97 Å². The molecule has 0 radical (unpaired) electrons. The van der Waals surface area contributed by atoms with Gasteiger partial charge in [-0.2, -0.15) is 0 Å². The second kappa shape index (κ2) is 4.79. The molecule has 19 heavy (non-hydrogen) atoms. The molecular formula is C13H14N4O2. The summed E-state index contributed by atoms with van der Waals surface area (Å²) in [6, 6.07) is 3.60. The molecule has 6 heteroatoms. The summed E-state index contributed by atoms with van der Waals surface area (Å²) in [5.41, 5.74) is 1.27. The first-order valence-electron chi connectivity index (χ1n) is 6.33. The molecule has 2 aromatic heterocycles. The number of carboxylic acid groups (broad SMARTS) is 1. The van der Waals surface area contributed by atoms with Crippen molar-refractivity contribution >= 4 is 5.97 Å². The molecule has 1 fully saturated rings. The van der Waals surface area contributed by atoms with Crippen molar-refractivity contribution in [3.05, 3.63) is 30.2 Å². The van der Waals surface area contributed by atoms with E-state index >= 15 is 0 Å². The lowest BCUT2D eigenvalue weighted by atomic mass is 10.1. The Morgan fingerprint density at radius 3 is 2.95 bits per heavy atom. The molecule has 0 unspecified atom stereocenters. The van der Waals surface area contributed by atoms with Crippen LogP contribution in [0.1, 0.15) is 29.8 Å². The molecular weight excluding hydrogens is 244 g/mol. The summed E-state index contributed by atoms with van der Waals surface area (Å²) in [5.74, 6) is -0.296. The Morgan fingerprint density at radius 1 is 1.47 bits per heavy atom. The molecule has 1 aliphatic rings. The number of aryl methyl sites for hydroxylation is 1. The van der Waals surface area contributed by atoms with Gasteiger partial charge in [0, 0.05) is 24.5 Å². The van der Waals surface area contributed by atoms with E-state index in [1.54, 1.807) is 23.1 Å². The van der Waals surface area contributed by atoms with E-state index in [0.29, 0.717) is 12.2 Å². The number of hydrogen-bond acceptors (Lipinski definition) is 4. The summed E-state index contributed by atoms with van der Waals surface area (Å²) in [4.78, 5) is 15.3. The van der Waals surface area contributed by atoms with Crippen LogP contribution in [0.5, 0.6) is 0 Å². The Morgan fingerprint density at radius 2 is 2.32 bits per heavy atom. The van der Waals surface area contributed by atoms with Crippen LogP contribution < -0.4 is 0 Å². The van der Waals surface area contributed by atoms with Crippen LogP contribution >= 0.6 is 0 Å². The van der Waals surface area contributed by atoms with Gasteiger partial charge in [0.15, 0.2) is 5.69 Å². The van der Waals surface area contributed by atoms with E-state index in [1.165, 1.54) is 12.8 Å². The number of pyridine rings is 1. The predicted octanol–water partition coefficient (Wildman–Crippen LogP) is 1.84. The Kier molecular flexibility index (Phi) is 2.98. The Hall–Kier alpha value is -2.24. The lowest BCUT2D eigenvalue weighted by Crippen LogP contribution is -2.05. The lowest BCUT2D eigenvalue weighted by molar-refractivity contribution is 0.0691. The Bertz CT molecular complexity index is 590. The minimum atomic E-state index is -1.06. The van der Waals surface area contributed by atoms with Crippen LogP contribution in [0, 0.1) is 5.92 Å². The molecule has 0 bridgehead atoms. The molecule has 0 aliphatic heterocycles. The van der Waals surface area contributed by atoms with Crippen LogP contribution in [0.4, 0.5) is 0 Å². The minimum Gasteiger partial charge on any atom is -0.476 e. The standard InChI is InChI=1S/C13H14N4O2/c18-13(19)11-12(10-2-1-6-14-8-10)17(16-15-11)7-5-9-3-4-9/h1-2,6,8-9H,3-5,7H2,(H,18,19). The van der Waals surface area contributed by atoms with Gasteiger partial charge in [-0.05, 0) is 24.5 Å². The summed E-state index contributed by atoms with van der Waals surface area (Å²) in [6.07, 6.45) is 6.85. The molecule has 3 rings (SSSR count). The molecule has 2 heterocycles. The highest BCUT2D eigenvalue weighted by molar-refractivity contribution is 5.92. The Labute approximate surface area is 110 Å². The first-order valence-corrected chi connectivity index (χ1v) is 6.33. The van der Waals surface area contributed by atoms with Gasteiger partial charge in [0.25, 0.3) is 0 Å². The first-order chi connectivity index (χ1) is 9.25. The van der Waals surface area contributed by atoms with E-state index in [-0.39, 0.29) is 5.69 Å². The monoisotopic (exact) mass is 258 g/mol. The largest absolute Gasteiger partial charge is 0.476 e. The molecule has 1 aliphatic carbocycles. The molecule has 1 N–H and O–H groups in total. The third-order valence-corrected chi connectivity index (χ3v) is 3.32. The van der Waals surface area contributed by atoms with Crippen molar-refractivity contribution < 1.29 is 9.90 Å². The van der Waals surface area contributed by atoms with Gasteiger partial charge >= 0.3 is 5.97 Å². The van der Waals surface area contributed by atoms with Crippen molar-refractivity contribution in [2.75, 3.05) is 0 Å². The molecule has 0 spiro atoms. The van der Waals surface area contributed by atoms with Gasteiger partial charge in [-0.3, -0.25) is 4.98 Å². The normalized spacial score (nSPS) is 14.5. The maximum atomic E-state index is 11.2. The van der Waals surface area contributed by atoms with Gasteiger partial charge in [0.1, 0.15) is 5.69 Å². The molecule has 1 saturated carbocycles. The van der Waals surface area contributed by atoms with Gasteiger partial charge in [-0.15, -0.1) is 5.10 Å². The molecule has 0 aromatic carbocycles. The van der Waals surface area contributed by atoms with Crippen LogP contribution in [-0.2, 0) is 6.54 Å². The molecule has 6 nitrogen and oxygen atoms in total. The summed E-state index contributed by atoms with van der Waals surface area (Å²) < 4.78 is 1.68. The predicted molar refractivity (Wildman–Crippen MR) is 67.6 cm³/mol. The maximum absolute atomic E-state index is 11.2. The van der Waals surface area contributed by atoms with Crippen LogP contribution in [-0.4, -0.2) is 31.1 Å². The second-order valence-electron chi connectivity index (χ2n) is 4.79. The minimum absolute atomic E-state index is 0.0104. The highest BCUT2D eigenvalue weighted by atomic mass is 16.4. The number of carbonyl (C=O) groups is 1. The first kappa shape index (κ1) is 11.8. The topological polar surface area (TPSA) is 80.9 Å². The highest BCUT2D eigenvalue weighted by Crippen LogP contribution is 2.33. The molecule has 0 amide bonds. The zero-order valence-electron chi connectivity index (χ0n) is 10.4.